The van der Waals surface area contributed by atoms with Gasteiger partial charge in [-0.3, -0.25) is 18.9 Å². The molecule has 0 radical (unpaired) electrons. The van der Waals surface area contributed by atoms with Crippen molar-refractivity contribution < 1.29 is 34.4 Å². The number of imidazole rings is 1. The van der Waals surface area contributed by atoms with Gasteiger partial charge in [0, 0.05) is 0 Å². The van der Waals surface area contributed by atoms with Crippen LogP contribution in [0.5, 0.6) is 0 Å². The average Bonchev–Trinajstić information content (AvgIpc) is 3.27. The van der Waals surface area contributed by atoms with Crippen LogP contribution in [-0.2, 0) is 9.30 Å². The van der Waals surface area contributed by atoms with Crippen molar-refractivity contribution in [3.63, 3.8) is 0 Å². The molecule has 1 aliphatic heterocycles. The number of benzene rings is 1. The molecule has 2 aromatic heterocycles. The molecule has 3 aromatic rings. The van der Waals surface area contributed by atoms with Crippen LogP contribution in [0.1, 0.15) is 17.6 Å². The first-order valence-electron chi connectivity index (χ1n) is 9.16. The third-order valence-electron chi connectivity index (χ3n) is 4.95. The minimum atomic E-state index is -4.71. The highest BCUT2D eigenvalue weighted by Crippen LogP contribution is 2.51. The van der Waals surface area contributed by atoms with E-state index in [0.717, 1.165) is 0 Å². The van der Waals surface area contributed by atoms with E-state index in [1.54, 1.807) is 18.2 Å². The van der Waals surface area contributed by atoms with Gasteiger partial charge in [0.2, 0.25) is 5.95 Å². The number of fused-ring (bicyclic) bond motifs is 1. The quantitative estimate of drug-likeness (QED) is 0.226. The standard InChI is InChI=1S/C17H20N5O8P/c23-6-9-11(24)12(25)16(30-9)22-7-18-10-13(22)19-17(20-14(10)26)21-15(31(27,28)29)8-4-2-1-3-5-8/h1-5,7,9,11-12,15-16,23-25H,6H2,(H2,27,28,29)(H2,19,20,21,26)/t9-,11?,12?,15?,16-/m1/s1. The summed E-state index contributed by atoms with van der Waals surface area (Å²) in [5.74, 6) is -1.73. The second kappa shape index (κ2) is 8.13. The second-order valence-electron chi connectivity index (χ2n) is 7.01. The van der Waals surface area contributed by atoms with Crippen molar-refractivity contribution >= 4 is 24.7 Å². The van der Waals surface area contributed by atoms with Gasteiger partial charge in [-0.05, 0) is 5.56 Å². The van der Waals surface area contributed by atoms with Crippen LogP contribution in [0.4, 0.5) is 5.95 Å². The van der Waals surface area contributed by atoms with E-state index in [-0.39, 0.29) is 22.7 Å². The highest BCUT2D eigenvalue weighted by molar-refractivity contribution is 7.52. The van der Waals surface area contributed by atoms with Crippen LogP contribution in [0.3, 0.4) is 0 Å². The molecule has 5 atom stereocenters. The zero-order chi connectivity index (χ0) is 22.3. The molecule has 1 aromatic carbocycles. The van der Waals surface area contributed by atoms with Crippen molar-refractivity contribution in [2.75, 3.05) is 11.9 Å². The summed E-state index contributed by atoms with van der Waals surface area (Å²) >= 11 is 0. The van der Waals surface area contributed by atoms with Gasteiger partial charge in [-0.1, -0.05) is 30.3 Å². The predicted octanol–water partition coefficient (Wildman–Crippen LogP) is -0.981. The Kier molecular flexibility index (Phi) is 5.66. The summed E-state index contributed by atoms with van der Waals surface area (Å²) in [5.41, 5.74) is -0.597. The maximum Gasteiger partial charge on any atom is 0.352 e. The number of aliphatic hydroxyl groups excluding tert-OH is 3. The predicted molar refractivity (Wildman–Crippen MR) is 106 cm³/mol. The Morgan fingerprint density at radius 2 is 1.94 bits per heavy atom. The van der Waals surface area contributed by atoms with Gasteiger partial charge < -0.3 is 35.2 Å². The molecule has 31 heavy (non-hydrogen) atoms. The topological polar surface area (TPSA) is 203 Å². The van der Waals surface area contributed by atoms with Crippen LogP contribution < -0.4 is 10.9 Å². The largest absolute Gasteiger partial charge is 0.394 e. The number of aromatic nitrogens is 4. The normalized spacial score (nSPS) is 25.1. The van der Waals surface area contributed by atoms with Crippen molar-refractivity contribution in [2.45, 2.75) is 30.3 Å². The van der Waals surface area contributed by atoms with Crippen LogP contribution in [0.2, 0.25) is 0 Å². The molecule has 1 saturated heterocycles. The molecule has 7 N–H and O–H groups in total. The van der Waals surface area contributed by atoms with Gasteiger partial charge >= 0.3 is 7.60 Å². The Bertz CT molecular complexity index is 1180. The third kappa shape index (κ3) is 4.00. The third-order valence-corrected chi connectivity index (χ3v) is 6.05. The number of rotatable bonds is 6. The van der Waals surface area contributed by atoms with Crippen molar-refractivity contribution in [1.29, 1.82) is 0 Å². The minimum Gasteiger partial charge on any atom is -0.394 e. The molecule has 0 saturated carbocycles. The lowest BCUT2D eigenvalue weighted by atomic mass is 10.1. The van der Waals surface area contributed by atoms with Crippen LogP contribution in [0, 0.1) is 0 Å². The lowest BCUT2D eigenvalue weighted by Crippen LogP contribution is -2.33. The Hall–Kier alpha value is -2.64. The van der Waals surface area contributed by atoms with Gasteiger partial charge in [0.1, 0.15) is 18.3 Å². The summed E-state index contributed by atoms with van der Waals surface area (Å²) in [6.07, 6.45) is -3.86. The lowest BCUT2D eigenvalue weighted by Gasteiger charge is -2.21. The number of hydrogen-bond acceptors (Lipinski definition) is 9. The van der Waals surface area contributed by atoms with Gasteiger partial charge in [0.25, 0.3) is 5.56 Å². The fraction of sp³-hybridized carbons (Fsp3) is 0.353. The first-order chi connectivity index (χ1) is 14.7. The molecule has 0 amide bonds. The van der Waals surface area contributed by atoms with E-state index >= 15 is 0 Å². The summed E-state index contributed by atoms with van der Waals surface area (Å²) in [4.78, 5) is 42.5. The number of anilines is 1. The summed E-state index contributed by atoms with van der Waals surface area (Å²) < 4.78 is 18.7. The van der Waals surface area contributed by atoms with Crippen molar-refractivity contribution in [3.8, 4) is 0 Å². The number of nitrogens with one attached hydrogen (secondary N) is 2. The minimum absolute atomic E-state index is 0.0568. The van der Waals surface area contributed by atoms with E-state index in [1.165, 1.54) is 23.0 Å². The molecular weight excluding hydrogens is 433 g/mol. The monoisotopic (exact) mass is 453 g/mol. The maximum atomic E-state index is 12.5. The van der Waals surface area contributed by atoms with Crippen LogP contribution in [0.25, 0.3) is 11.2 Å². The summed E-state index contributed by atoms with van der Waals surface area (Å²) in [6, 6.07) is 7.92. The average molecular weight is 453 g/mol. The first-order valence-corrected chi connectivity index (χ1v) is 10.8. The summed E-state index contributed by atoms with van der Waals surface area (Å²) in [5, 5.41) is 32.1. The Morgan fingerprint density at radius 3 is 2.55 bits per heavy atom. The first kappa shape index (κ1) is 21.6. The molecule has 1 fully saturated rings. The van der Waals surface area contributed by atoms with E-state index in [1.807, 2.05) is 0 Å². The van der Waals surface area contributed by atoms with E-state index < -0.39 is 50.1 Å². The smallest absolute Gasteiger partial charge is 0.352 e. The fourth-order valence-corrected chi connectivity index (χ4v) is 4.27. The number of aliphatic hydroxyl groups is 3. The highest BCUT2D eigenvalue weighted by atomic mass is 31.2. The SMILES string of the molecule is O=c1[nH]c(NC(c2ccccc2)P(=O)(O)O)nc2c1ncn2[C@@H]1O[C@H](CO)C(O)C1O. The van der Waals surface area contributed by atoms with Crippen molar-refractivity contribution in [2.24, 2.45) is 0 Å². The molecule has 14 heteroatoms. The molecule has 1 aliphatic rings. The lowest BCUT2D eigenvalue weighted by molar-refractivity contribution is -0.0511. The Morgan fingerprint density at radius 1 is 1.23 bits per heavy atom. The summed E-state index contributed by atoms with van der Waals surface area (Å²) in [7, 11) is -4.71. The second-order valence-corrected chi connectivity index (χ2v) is 8.71. The van der Waals surface area contributed by atoms with Crippen molar-refractivity contribution in [1.82, 2.24) is 19.5 Å². The maximum absolute atomic E-state index is 12.5. The Balaban J connectivity index is 1.74. The highest BCUT2D eigenvalue weighted by Gasteiger charge is 2.44. The van der Waals surface area contributed by atoms with Gasteiger partial charge in [0.15, 0.2) is 23.2 Å². The number of aromatic amines is 1. The van der Waals surface area contributed by atoms with Crippen LogP contribution in [0.15, 0.2) is 41.5 Å². The van der Waals surface area contributed by atoms with E-state index in [9.17, 15) is 34.5 Å². The van der Waals surface area contributed by atoms with E-state index in [4.69, 9.17) is 4.74 Å². The van der Waals surface area contributed by atoms with Gasteiger partial charge in [-0.2, -0.15) is 4.98 Å². The van der Waals surface area contributed by atoms with Gasteiger partial charge in [-0.15, -0.1) is 0 Å². The van der Waals surface area contributed by atoms with Crippen LogP contribution >= 0.6 is 7.60 Å². The molecule has 4 rings (SSSR count). The van der Waals surface area contributed by atoms with Crippen molar-refractivity contribution in [3.05, 3.63) is 52.6 Å². The Labute approximate surface area is 174 Å². The number of hydrogen-bond donors (Lipinski definition) is 7. The molecule has 3 unspecified atom stereocenters. The fourth-order valence-electron chi connectivity index (χ4n) is 3.42. The molecule has 0 bridgehead atoms. The molecule has 3 heterocycles. The molecule has 0 aliphatic carbocycles. The molecule has 13 nitrogen and oxygen atoms in total. The molecule has 166 valence electrons. The van der Waals surface area contributed by atoms with Crippen LogP contribution in [-0.4, -0.2) is 69.5 Å². The van der Waals surface area contributed by atoms with E-state index in [2.05, 4.69) is 20.3 Å². The molecular formula is C17H20N5O8P. The van der Waals surface area contributed by atoms with Gasteiger partial charge in [0.05, 0.1) is 12.9 Å². The van der Waals surface area contributed by atoms with E-state index in [0.29, 0.717) is 0 Å². The zero-order valence-corrected chi connectivity index (χ0v) is 16.7. The number of nitrogens with zero attached hydrogens (tertiary/aromatic N) is 3. The number of H-pyrrole nitrogens is 1. The zero-order valence-electron chi connectivity index (χ0n) is 15.8. The summed E-state index contributed by atoms with van der Waals surface area (Å²) in [6.45, 7) is -0.538. The van der Waals surface area contributed by atoms with Gasteiger partial charge in [-0.25, -0.2) is 4.98 Å². The molecule has 0 spiro atoms. The number of ether oxygens (including phenoxy) is 1.